The third-order valence-corrected chi connectivity index (χ3v) is 13.8. The summed E-state index contributed by atoms with van der Waals surface area (Å²) in [5, 5.41) is 0. The number of hydrogen-bond acceptors (Lipinski definition) is 0. The average molecular weight is 476 g/mol. The van der Waals surface area contributed by atoms with Gasteiger partial charge in [-0.05, 0) is 0 Å². The van der Waals surface area contributed by atoms with Gasteiger partial charge in [0.05, 0.1) is 0 Å². The Hall–Kier alpha value is 0.537. The van der Waals surface area contributed by atoms with Gasteiger partial charge in [-0.2, -0.15) is 0 Å². The zero-order valence-corrected chi connectivity index (χ0v) is 17.2. The molecule has 0 amide bonds. The monoisotopic (exact) mass is 478 g/mol. The second-order valence-electron chi connectivity index (χ2n) is 6.51. The van der Waals surface area contributed by atoms with Gasteiger partial charge < -0.3 is 0 Å². The molecule has 1 rings (SSSR count). The molecule has 0 fully saturated rings. The molecule has 0 saturated heterocycles. The number of benzene rings is 1. The van der Waals surface area contributed by atoms with Crippen molar-refractivity contribution in [1.29, 1.82) is 0 Å². The molecule has 0 aliphatic heterocycles. The molecule has 6 heteroatoms. The van der Waals surface area contributed by atoms with Crippen molar-refractivity contribution in [2.24, 2.45) is 0 Å². The summed E-state index contributed by atoms with van der Waals surface area (Å²) in [6, 6.07) is 0. The van der Waals surface area contributed by atoms with E-state index in [4.69, 9.17) is 0 Å². The normalized spacial score (nSPS) is 13.0. The first-order chi connectivity index (χ1) is 7.89. The average Bonchev–Trinajstić information content (AvgIpc) is 2.10. The first-order valence-corrected chi connectivity index (χ1v) is 25.7. The SMILES string of the molecule is [CH3][Sn]([CH3])([CH3])[c]1c(F)c(F)[c]([Sn]([CH3])([CH3])[CH3])c(F)c1F. The Morgan fingerprint density at radius 1 is 0.500 bits per heavy atom. The van der Waals surface area contributed by atoms with Gasteiger partial charge in [0.15, 0.2) is 0 Å². The van der Waals surface area contributed by atoms with Gasteiger partial charge in [-0.1, -0.05) is 0 Å². The molecule has 102 valence electrons. The van der Waals surface area contributed by atoms with E-state index in [0.29, 0.717) is 0 Å². The molecule has 1 aromatic rings. The van der Waals surface area contributed by atoms with Crippen LogP contribution in [0.25, 0.3) is 0 Å². The Labute approximate surface area is 114 Å². The molecule has 0 heterocycles. The van der Waals surface area contributed by atoms with Crippen molar-refractivity contribution < 1.29 is 17.6 Å². The molecule has 0 aliphatic rings. The summed E-state index contributed by atoms with van der Waals surface area (Å²) < 4.78 is 55.5. The Bertz CT molecular complexity index is 410. The number of halogens is 4. The molecule has 18 heavy (non-hydrogen) atoms. The topological polar surface area (TPSA) is 0 Å². The summed E-state index contributed by atoms with van der Waals surface area (Å²) in [6.07, 6.45) is 0. The van der Waals surface area contributed by atoms with Crippen molar-refractivity contribution in [2.45, 2.75) is 29.6 Å². The third kappa shape index (κ3) is 2.99. The van der Waals surface area contributed by atoms with Crippen LogP contribution in [0.2, 0.25) is 29.6 Å². The molecule has 0 spiro atoms. The zero-order valence-electron chi connectivity index (χ0n) is 11.5. The van der Waals surface area contributed by atoms with Crippen molar-refractivity contribution in [3.8, 4) is 0 Å². The van der Waals surface area contributed by atoms with E-state index in [-0.39, 0.29) is 7.16 Å². The quantitative estimate of drug-likeness (QED) is 0.350. The van der Waals surface area contributed by atoms with Crippen molar-refractivity contribution in [2.75, 3.05) is 0 Å². The van der Waals surface area contributed by atoms with E-state index >= 15 is 0 Å². The van der Waals surface area contributed by atoms with E-state index in [1.54, 1.807) is 29.6 Å². The molecule has 0 radical (unpaired) electrons. The maximum atomic E-state index is 14.0. The van der Waals surface area contributed by atoms with Crippen molar-refractivity contribution in [1.82, 2.24) is 0 Å². The van der Waals surface area contributed by atoms with Gasteiger partial charge in [-0.3, -0.25) is 0 Å². The molecule has 0 nitrogen and oxygen atoms in total. The van der Waals surface area contributed by atoms with Crippen LogP contribution in [0.15, 0.2) is 0 Å². The van der Waals surface area contributed by atoms with Gasteiger partial charge in [0.2, 0.25) is 0 Å². The zero-order chi connectivity index (χ0) is 14.5. The first kappa shape index (κ1) is 16.6. The maximum absolute atomic E-state index is 14.0. The Morgan fingerprint density at radius 2 is 0.667 bits per heavy atom. The molecule has 0 saturated carbocycles. The van der Waals surface area contributed by atoms with Crippen LogP contribution in [0.4, 0.5) is 17.6 Å². The molecule has 0 bridgehead atoms. The van der Waals surface area contributed by atoms with Crippen LogP contribution in [0, 0.1) is 23.3 Å². The van der Waals surface area contributed by atoms with Gasteiger partial charge in [-0.15, -0.1) is 0 Å². The fourth-order valence-corrected chi connectivity index (χ4v) is 10.7. The minimum atomic E-state index is -3.24. The number of rotatable bonds is 2. The molecule has 0 atom stereocenters. The molecule has 0 unspecified atom stereocenters. The van der Waals surface area contributed by atoms with Crippen LogP contribution in [0.3, 0.4) is 0 Å². The first-order valence-electron chi connectivity index (χ1n) is 5.76. The summed E-state index contributed by atoms with van der Waals surface area (Å²) in [4.78, 5) is 10.4. The second kappa shape index (κ2) is 5.14. The van der Waals surface area contributed by atoms with E-state index in [2.05, 4.69) is 0 Å². The van der Waals surface area contributed by atoms with Crippen LogP contribution < -0.4 is 7.16 Å². The molecule has 0 aliphatic carbocycles. The second-order valence-corrected chi connectivity index (χ2v) is 35.0. The van der Waals surface area contributed by atoms with Crippen LogP contribution in [0.1, 0.15) is 0 Å². The Balaban J connectivity index is 3.79. The van der Waals surface area contributed by atoms with Crippen LogP contribution >= 0.6 is 0 Å². The summed E-state index contributed by atoms with van der Waals surface area (Å²) >= 11 is -6.47. The van der Waals surface area contributed by atoms with E-state index in [0.717, 1.165) is 0 Å². The van der Waals surface area contributed by atoms with Crippen LogP contribution in [-0.2, 0) is 0 Å². The van der Waals surface area contributed by atoms with Gasteiger partial charge in [-0.25, -0.2) is 0 Å². The van der Waals surface area contributed by atoms with Crippen LogP contribution in [-0.4, -0.2) is 36.8 Å². The predicted octanol–water partition coefficient (Wildman–Crippen LogP) is 3.33. The molecular formula is C12H18F4Sn2. The summed E-state index contributed by atoms with van der Waals surface area (Å²) in [5.74, 6) is -4.62. The van der Waals surface area contributed by atoms with Crippen molar-refractivity contribution in [3.63, 3.8) is 0 Å². The van der Waals surface area contributed by atoms with Gasteiger partial charge in [0.25, 0.3) is 0 Å². The van der Waals surface area contributed by atoms with Crippen molar-refractivity contribution in [3.05, 3.63) is 23.3 Å². The Morgan fingerprint density at radius 3 is 0.778 bits per heavy atom. The standard InChI is InChI=1S/C6F4.6CH3.2Sn/c7-3-1-4(8)6(10)2-5(3)9;;;;;;;;/h;6*1H3;;. The molecule has 1 aromatic carbocycles. The minimum absolute atomic E-state index is 0.307. The molecule has 0 N–H and O–H groups in total. The predicted molar refractivity (Wildman–Crippen MR) is 72.2 cm³/mol. The van der Waals surface area contributed by atoms with E-state index in [1.807, 2.05) is 0 Å². The van der Waals surface area contributed by atoms with E-state index in [1.165, 1.54) is 0 Å². The molecule has 0 aromatic heterocycles. The number of hydrogen-bond donors (Lipinski definition) is 0. The van der Waals surface area contributed by atoms with E-state index < -0.39 is 60.0 Å². The van der Waals surface area contributed by atoms with E-state index in [9.17, 15) is 17.6 Å². The van der Waals surface area contributed by atoms with Gasteiger partial charge >= 0.3 is 114 Å². The summed E-state index contributed by atoms with van der Waals surface area (Å²) in [7, 11) is 0. The van der Waals surface area contributed by atoms with Gasteiger partial charge in [0.1, 0.15) is 0 Å². The molecular weight excluding hydrogens is 458 g/mol. The van der Waals surface area contributed by atoms with Gasteiger partial charge in [0, 0.05) is 0 Å². The van der Waals surface area contributed by atoms with Crippen molar-refractivity contribution >= 4 is 43.9 Å². The Kier molecular flexibility index (Phi) is 4.74. The fraction of sp³-hybridized carbons (Fsp3) is 0.500. The summed E-state index contributed by atoms with van der Waals surface area (Å²) in [5.41, 5.74) is 0. The third-order valence-electron chi connectivity index (χ3n) is 2.76. The van der Waals surface area contributed by atoms with Crippen LogP contribution in [0.5, 0.6) is 0 Å². The summed E-state index contributed by atoms with van der Waals surface area (Å²) in [6.45, 7) is 0. The fourth-order valence-electron chi connectivity index (χ4n) is 1.95.